The molecule has 0 aliphatic carbocycles. The summed E-state index contributed by atoms with van der Waals surface area (Å²) in [5, 5.41) is 25.6. The summed E-state index contributed by atoms with van der Waals surface area (Å²) in [6.45, 7) is -0.338. The predicted octanol–water partition coefficient (Wildman–Crippen LogP) is -3.31. The van der Waals surface area contributed by atoms with Crippen molar-refractivity contribution in [2.45, 2.75) is 20.9 Å². The van der Waals surface area contributed by atoms with Crippen molar-refractivity contribution in [3.63, 3.8) is 0 Å². The van der Waals surface area contributed by atoms with E-state index in [1.165, 1.54) is 11.8 Å². The maximum absolute atomic E-state index is 12.2. The Labute approximate surface area is 322 Å². The number of carbonyl (C=O) groups is 3. The number of thioether (sulfide) groups is 1. The van der Waals surface area contributed by atoms with Crippen molar-refractivity contribution in [1.82, 2.24) is 0 Å². The standard InChI is InChI=1S/C18H15Cl3O4S.CH2O3.2Cs/c19-18(20,21)11-25-17(24)15-7-2-1-5-13(15)10-26-14-6-3-4-12(8-14)9-16(22)23;2-1(3)4;;/h1-8H,9-11H2,(H,22,23);(H2,2,3,4);;/q;;2*+1/p-2. The van der Waals surface area contributed by atoms with Crippen LogP contribution in [0.1, 0.15) is 21.5 Å². The van der Waals surface area contributed by atoms with Crippen molar-refractivity contribution >= 4 is 64.7 Å². The van der Waals surface area contributed by atoms with Gasteiger partial charge in [0.05, 0.1) is 12.0 Å². The Kier molecular flexibility index (Phi) is 21.6. The summed E-state index contributed by atoms with van der Waals surface area (Å²) in [6, 6.07) is 14.3. The van der Waals surface area contributed by atoms with Crippen LogP contribution in [0.5, 0.6) is 0 Å². The van der Waals surface area contributed by atoms with E-state index in [1.807, 2.05) is 30.3 Å². The molecular formula is C19H15Cl3Cs2O7S. The molecular weight excluding hydrogens is 744 g/mol. The number of hydrogen-bond acceptors (Lipinski definition) is 7. The zero-order valence-corrected chi connectivity index (χ0v) is 32.8. The number of carboxylic acid groups (broad SMARTS) is 3. The first-order chi connectivity index (χ1) is 14.0. The molecule has 0 amide bonds. The van der Waals surface area contributed by atoms with Crippen LogP contribution in [-0.4, -0.2) is 33.6 Å². The SMILES string of the molecule is O=C(O)Cc1cccc(SCc2ccccc2C(=O)OCC(Cl)(Cl)Cl)c1.O=C([O-])[O-].[Cs+].[Cs+]. The van der Waals surface area contributed by atoms with Gasteiger partial charge in [-0.2, -0.15) is 0 Å². The van der Waals surface area contributed by atoms with Gasteiger partial charge in [0.25, 0.3) is 0 Å². The van der Waals surface area contributed by atoms with Gasteiger partial charge in [0, 0.05) is 10.6 Å². The smallest absolute Gasteiger partial charge is 0.652 e. The van der Waals surface area contributed by atoms with E-state index in [4.69, 9.17) is 59.7 Å². The van der Waals surface area contributed by atoms with E-state index in [-0.39, 0.29) is 151 Å². The Morgan fingerprint density at radius 2 is 1.59 bits per heavy atom. The molecule has 0 spiro atoms. The number of ether oxygens (including phenoxy) is 1. The first-order valence-electron chi connectivity index (χ1n) is 8.11. The maximum Gasteiger partial charge on any atom is 1.00 e. The van der Waals surface area contributed by atoms with Gasteiger partial charge < -0.3 is 24.9 Å². The third-order valence-electron chi connectivity index (χ3n) is 3.25. The third-order valence-corrected chi connectivity index (χ3v) is 4.62. The first-order valence-corrected chi connectivity index (χ1v) is 10.2. The van der Waals surface area contributed by atoms with Crippen LogP contribution < -0.4 is 148 Å². The molecule has 1 N–H and O–H groups in total. The van der Waals surface area contributed by atoms with E-state index in [2.05, 4.69) is 0 Å². The monoisotopic (exact) mass is 758 g/mol. The van der Waals surface area contributed by atoms with Crippen LogP contribution in [0.3, 0.4) is 0 Å². The van der Waals surface area contributed by atoms with Gasteiger partial charge in [0.1, 0.15) is 6.61 Å². The van der Waals surface area contributed by atoms with Gasteiger partial charge in [0.15, 0.2) is 0 Å². The van der Waals surface area contributed by atoms with Crippen LogP contribution in [0.25, 0.3) is 0 Å². The van der Waals surface area contributed by atoms with Gasteiger partial charge in [-0.25, -0.2) is 4.79 Å². The van der Waals surface area contributed by atoms with Crippen molar-refractivity contribution in [3.05, 3.63) is 65.2 Å². The normalized spacial score (nSPS) is 9.84. The molecule has 162 valence electrons. The van der Waals surface area contributed by atoms with Gasteiger partial charge in [-0.3, -0.25) is 4.79 Å². The fraction of sp³-hybridized carbons (Fsp3) is 0.211. The van der Waals surface area contributed by atoms with Gasteiger partial charge in [0.2, 0.25) is 3.79 Å². The fourth-order valence-electron chi connectivity index (χ4n) is 2.15. The van der Waals surface area contributed by atoms with Crippen LogP contribution in [0.4, 0.5) is 4.79 Å². The number of aliphatic carboxylic acids is 1. The minimum absolute atomic E-state index is 0. The Hall–Kier alpha value is 1.97. The molecule has 0 saturated heterocycles. The van der Waals surface area contributed by atoms with Crippen molar-refractivity contribution in [2.24, 2.45) is 0 Å². The Morgan fingerprint density at radius 1 is 1.00 bits per heavy atom. The molecule has 13 heteroatoms. The van der Waals surface area contributed by atoms with Gasteiger partial charge in [-0.15, -0.1) is 11.8 Å². The third kappa shape index (κ3) is 17.4. The molecule has 0 fully saturated rings. The van der Waals surface area contributed by atoms with Crippen LogP contribution in [0.15, 0.2) is 53.4 Å². The minimum Gasteiger partial charge on any atom is -0.652 e. The van der Waals surface area contributed by atoms with E-state index in [9.17, 15) is 9.59 Å². The molecule has 0 heterocycles. The molecule has 2 rings (SSSR count). The number of esters is 1. The topological polar surface area (TPSA) is 127 Å². The van der Waals surface area contributed by atoms with E-state index < -0.39 is 21.9 Å². The maximum atomic E-state index is 12.2. The van der Waals surface area contributed by atoms with Crippen LogP contribution in [0, 0.1) is 0 Å². The summed E-state index contributed by atoms with van der Waals surface area (Å²) >= 11 is 18.3. The number of alkyl halides is 3. The molecule has 2 aromatic rings. The Bertz CT molecular complexity index is 891. The van der Waals surface area contributed by atoms with Gasteiger partial charge in [-0.1, -0.05) is 65.1 Å². The number of benzene rings is 2. The number of carbonyl (C=O) groups excluding carboxylic acids is 2. The summed E-state index contributed by atoms with van der Waals surface area (Å²) in [6.07, 6.45) is -2.37. The largest absolute Gasteiger partial charge is 1.00 e. The summed E-state index contributed by atoms with van der Waals surface area (Å²) < 4.78 is 3.38. The molecule has 0 atom stereocenters. The molecule has 0 unspecified atom stereocenters. The number of halogens is 3. The minimum atomic E-state index is -2.33. The Morgan fingerprint density at radius 3 is 2.16 bits per heavy atom. The fourth-order valence-corrected chi connectivity index (χ4v) is 3.30. The van der Waals surface area contributed by atoms with E-state index in [1.54, 1.807) is 18.2 Å². The molecule has 0 radical (unpaired) electrons. The second kappa shape index (κ2) is 19.1. The second-order valence-corrected chi connectivity index (χ2v) is 9.17. The quantitative estimate of drug-likeness (QED) is 0.177. The van der Waals surface area contributed by atoms with E-state index >= 15 is 0 Å². The second-order valence-electron chi connectivity index (χ2n) is 5.61. The van der Waals surface area contributed by atoms with Crippen molar-refractivity contribution < 1.29 is 172 Å². The van der Waals surface area contributed by atoms with E-state index in [0.29, 0.717) is 11.3 Å². The molecule has 0 saturated carbocycles. The van der Waals surface area contributed by atoms with Gasteiger partial charge >= 0.3 is 150 Å². The molecule has 0 bridgehead atoms. The van der Waals surface area contributed by atoms with Crippen LogP contribution >= 0.6 is 46.6 Å². The summed E-state index contributed by atoms with van der Waals surface area (Å²) in [5.74, 6) is -0.934. The molecule has 0 aliphatic heterocycles. The molecule has 7 nitrogen and oxygen atoms in total. The first kappa shape index (κ1) is 36.1. The van der Waals surface area contributed by atoms with Crippen LogP contribution in [0.2, 0.25) is 0 Å². The average molecular weight is 760 g/mol. The zero-order chi connectivity index (χ0) is 22.7. The predicted molar refractivity (Wildman–Crippen MR) is 110 cm³/mol. The zero-order valence-electron chi connectivity index (χ0n) is 17.2. The van der Waals surface area contributed by atoms with E-state index in [0.717, 1.165) is 16.0 Å². The Balaban J connectivity index is 0. The molecule has 2 aromatic carbocycles. The number of hydrogen-bond donors (Lipinski definition) is 1. The molecule has 0 aromatic heterocycles. The number of rotatable bonds is 7. The summed E-state index contributed by atoms with van der Waals surface area (Å²) in [5.41, 5.74) is 1.89. The average Bonchev–Trinajstić information content (AvgIpc) is 2.63. The number of carboxylic acids is 1. The summed E-state index contributed by atoms with van der Waals surface area (Å²) in [4.78, 5) is 32.3. The molecule has 32 heavy (non-hydrogen) atoms. The van der Waals surface area contributed by atoms with Crippen molar-refractivity contribution in [3.8, 4) is 0 Å². The van der Waals surface area contributed by atoms with Crippen LogP contribution in [-0.2, 0) is 21.7 Å². The summed E-state index contributed by atoms with van der Waals surface area (Å²) in [7, 11) is 0. The van der Waals surface area contributed by atoms with Gasteiger partial charge in [-0.05, 0) is 35.5 Å². The molecule has 0 aliphatic rings. The van der Waals surface area contributed by atoms with Crippen molar-refractivity contribution in [2.75, 3.05) is 6.61 Å². The van der Waals surface area contributed by atoms with Crippen molar-refractivity contribution in [1.29, 1.82) is 0 Å².